The highest BCUT2D eigenvalue weighted by Gasteiger charge is 2.17. The lowest BCUT2D eigenvalue weighted by Gasteiger charge is -2.19. The number of ether oxygens (including phenoxy) is 2. The van der Waals surface area contributed by atoms with E-state index < -0.39 is 23.3 Å². The molecule has 0 atom stereocenters. The number of nitrogens with one attached hydrogen (secondary N) is 1. The lowest BCUT2D eigenvalue weighted by Crippen LogP contribution is -2.34. The minimum Gasteiger partial charge on any atom is -0.444 e. The largest absolute Gasteiger partial charge is 0.444 e. The minimum absolute atomic E-state index is 0.0194. The number of fused-ring (bicyclic) bond motifs is 1. The first-order valence-corrected chi connectivity index (χ1v) is 8.28. The maximum atomic E-state index is 12.0. The van der Waals surface area contributed by atoms with Crippen molar-refractivity contribution in [2.45, 2.75) is 46.6 Å². The Hall–Kier alpha value is -2.83. The molecule has 1 aromatic heterocycles. The van der Waals surface area contributed by atoms with Gasteiger partial charge in [-0.05, 0) is 52.3 Å². The third-order valence-corrected chi connectivity index (χ3v) is 3.54. The van der Waals surface area contributed by atoms with E-state index in [0.29, 0.717) is 16.9 Å². The topological polar surface area (TPSA) is 94.8 Å². The molecular weight excluding hydrogens is 338 g/mol. The van der Waals surface area contributed by atoms with Gasteiger partial charge >= 0.3 is 17.7 Å². The second-order valence-electron chi connectivity index (χ2n) is 6.97. The molecule has 1 amide bonds. The van der Waals surface area contributed by atoms with Gasteiger partial charge in [0.05, 0.1) is 6.42 Å². The molecule has 0 saturated heterocycles. The molecule has 0 bridgehead atoms. The summed E-state index contributed by atoms with van der Waals surface area (Å²) in [6, 6.07) is 4.81. The zero-order valence-electron chi connectivity index (χ0n) is 15.6. The van der Waals surface area contributed by atoms with Crippen molar-refractivity contribution in [1.82, 2.24) is 5.32 Å². The van der Waals surface area contributed by atoms with Crippen molar-refractivity contribution in [3.8, 4) is 5.75 Å². The fraction of sp³-hybridized carbons (Fsp3) is 0.421. The molecule has 0 fully saturated rings. The number of hydrogen-bond acceptors (Lipinski definition) is 6. The molecule has 0 spiro atoms. The lowest BCUT2D eigenvalue weighted by molar-refractivity contribution is -0.134. The Bertz CT molecular complexity index is 891. The van der Waals surface area contributed by atoms with E-state index in [1.165, 1.54) is 6.07 Å². The molecule has 7 heteroatoms. The quantitative estimate of drug-likeness (QED) is 0.510. The predicted molar refractivity (Wildman–Crippen MR) is 96.4 cm³/mol. The fourth-order valence-electron chi connectivity index (χ4n) is 2.37. The van der Waals surface area contributed by atoms with Crippen LogP contribution in [0.2, 0.25) is 0 Å². The summed E-state index contributed by atoms with van der Waals surface area (Å²) in [6.45, 7) is 8.88. The van der Waals surface area contributed by atoms with Crippen molar-refractivity contribution in [2.75, 3.05) is 6.54 Å². The number of benzene rings is 1. The molecule has 1 aromatic carbocycles. The second-order valence-corrected chi connectivity index (χ2v) is 6.97. The van der Waals surface area contributed by atoms with Gasteiger partial charge < -0.3 is 19.2 Å². The zero-order valence-corrected chi connectivity index (χ0v) is 15.6. The number of aryl methyl sites for hydroxylation is 2. The van der Waals surface area contributed by atoms with Crippen LogP contribution in [0.1, 0.15) is 38.3 Å². The van der Waals surface area contributed by atoms with Gasteiger partial charge in [0.2, 0.25) is 0 Å². The van der Waals surface area contributed by atoms with Gasteiger partial charge in [-0.15, -0.1) is 0 Å². The summed E-state index contributed by atoms with van der Waals surface area (Å²) in [5.74, 6) is -0.202. The number of rotatable bonds is 4. The highest BCUT2D eigenvalue weighted by atomic mass is 16.6. The first kappa shape index (κ1) is 19.5. The minimum atomic E-state index is -0.602. The molecule has 1 heterocycles. The molecule has 2 aromatic rings. The maximum Gasteiger partial charge on any atom is 0.407 e. The average Bonchev–Trinajstić information content (AvgIpc) is 2.48. The van der Waals surface area contributed by atoms with E-state index in [4.69, 9.17) is 13.9 Å². The highest BCUT2D eigenvalue weighted by Crippen LogP contribution is 2.28. The third-order valence-electron chi connectivity index (χ3n) is 3.54. The smallest absolute Gasteiger partial charge is 0.407 e. The van der Waals surface area contributed by atoms with Gasteiger partial charge in [0.25, 0.3) is 0 Å². The van der Waals surface area contributed by atoms with Crippen molar-refractivity contribution in [1.29, 1.82) is 0 Å². The van der Waals surface area contributed by atoms with Gasteiger partial charge in [-0.1, -0.05) is 0 Å². The molecule has 0 aliphatic heterocycles. The van der Waals surface area contributed by atoms with Crippen LogP contribution in [0.4, 0.5) is 4.79 Å². The third kappa shape index (κ3) is 5.08. The molecule has 0 unspecified atom stereocenters. The van der Waals surface area contributed by atoms with Crippen LogP contribution in [-0.4, -0.2) is 24.2 Å². The Labute approximate surface area is 151 Å². The van der Waals surface area contributed by atoms with Crippen LogP contribution in [0.25, 0.3) is 11.0 Å². The van der Waals surface area contributed by atoms with E-state index in [1.807, 2.05) is 6.92 Å². The fourth-order valence-corrected chi connectivity index (χ4v) is 2.37. The van der Waals surface area contributed by atoms with Crippen LogP contribution in [0.5, 0.6) is 5.75 Å². The Morgan fingerprint density at radius 3 is 2.54 bits per heavy atom. The number of alkyl carbamates (subject to hydrolysis) is 1. The van der Waals surface area contributed by atoms with Crippen molar-refractivity contribution >= 4 is 23.0 Å². The standard InChI is InChI=1S/C19H23NO6/c1-11-10-16(22)25-17-12(2)14(7-6-13(11)17)24-15(21)8-9-20-18(23)26-19(3,4)5/h6-7,10H,8-9H2,1-5H3,(H,20,23). The number of hydrogen-bond donors (Lipinski definition) is 1. The lowest BCUT2D eigenvalue weighted by atomic mass is 10.1. The summed E-state index contributed by atoms with van der Waals surface area (Å²) in [5.41, 5.74) is 0.695. The van der Waals surface area contributed by atoms with Gasteiger partial charge in [-0.2, -0.15) is 0 Å². The van der Waals surface area contributed by atoms with Crippen LogP contribution < -0.4 is 15.7 Å². The monoisotopic (exact) mass is 361 g/mol. The van der Waals surface area contributed by atoms with E-state index in [1.54, 1.807) is 39.8 Å². The normalized spacial score (nSPS) is 11.3. The highest BCUT2D eigenvalue weighted by molar-refractivity contribution is 5.86. The molecule has 0 saturated carbocycles. The number of amides is 1. The SMILES string of the molecule is Cc1cc(=O)oc2c(C)c(OC(=O)CCNC(=O)OC(C)(C)C)ccc12. The van der Waals surface area contributed by atoms with Crippen LogP contribution >= 0.6 is 0 Å². The molecule has 0 radical (unpaired) electrons. The van der Waals surface area contributed by atoms with Crippen LogP contribution in [0.3, 0.4) is 0 Å². The van der Waals surface area contributed by atoms with Crippen LogP contribution in [0.15, 0.2) is 27.4 Å². The zero-order chi connectivity index (χ0) is 19.5. The molecule has 140 valence electrons. The van der Waals surface area contributed by atoms with Gasteiger partial charge in [-0.3, -0.25) is 4.79 Å². The Morgan fingerprint density at radius 1 is 1.19 bits per heavy atom. The average molecular weight is 361 g/mol. The van der Waals surface area contributed by atoms with Crippen LogP contribution in [0, 0.1) is 13.8 Å². The van der Waals surface area contributed by atoms with Crippen LogP contribution in [-0.2, 0) is 9.53 Å². The van der Waals surface area contributed by atoms with Crippen molar-refractivity contribution < 1.29 is 23.5 Å². The predicted octanol–water partition coefficient (Wildman–Crippen LogP) is 3.23. The number of carbonyl (C=O) groups excluding carboxylic acids is 2. The molecule has 0 aliphatic rings. The van der Waals surface area contributed by atoms with Crippen molar-refractivity contribution in [3.63, 3.8) is 0 Å². The summed E-state index contributed by atoms with van der Waals surface area (Å²) in [7, 11) is 0. The molecule has 2 rings (SSSR count). The van der Waals surface area contributed by atoms with E-state index >= 15 is 0 Å². The summed E-state index contributed by atoms with van der Waals surface area (Å²) >= 11 is 0. The number of carbonyl (C=O) groups is 2. The molecule has 0 aliphatic carbocycles. The summed E-state index contributed by atoms with van der Waals surface area (Å²) in [5, 5.41) is 3.28. The van der Waals surface area contributed by atoms with Gasteiger partial charge in [-0.25, -0.2) is 9.59 Å². The maximum absolute atomic E-state index is 12.0. The second kappa shape index (κ2) is 7.59. The van der Waals surface area contributed by atoms with E-state index in [-0.39, 0.29) is 13.0 Å². The van der Waals surface area contributed by atoms with Gasteiger partial charge in [0.1, 0.15) is 16.9 Å². The van der Waals surface area contributed by atoms with E-state index in [2.05, 4.69) is 5.32 Å². The molecular formula is C19H23NO6. The van der Waals surface area contributed by atoms with Gasteiger partial charge in [0, 0.05) is 23.6 Å². The van der Waals surface area contributed by atoms with E-state index in [0.717, 1.165) is 10.9 Å². The molecule has 7 nitrogen and oxygen atoms in total. The Kier molecular flexibility index (Phi) is 5.69. The first-order valence-electron chi connectivity index (χ1n) is 8.28. The van der Waals surface area contributed by atoms with E-state index in [9.17, 15) is 14.4 Å². The Balaban J connectivity index is 2.00. The molecule has 1 N–H and O–H groups in total. The van der Waals surface area contributed by atoms with Crippen molar-refractivity contribution in [3.05, 3.63) is 39.7 Å². The summed E-state index contributed by atoms with van der Waals surface area (Å²) in [4.78, 5) is 35.1. The number of esters is 1. The first-order chi connectivity index (χ1) is 12.1. The summed E-state index contributed by atoms with van der Waals surface area (Å²) in [6.07, 6.45) is -0.612. The van der Waals surface area contributed by atoms with Gasteiger partial charge in [0.15, 0.2) is 0 Å². The van der Waals surface area contributed by atoms with Crippen molar-refractivity contribution in [2.24, 2.45) is 0 Å². The summed E-state index contributed by atoms with van der Waals surface area (Å²) < 4.78 is 15.6. The molecule has 26 heavy (non-hydrogen) atoms. The Morgan fingerprint density at radius 2 is 1.88 bits per heavy atom.